The number of hydrogen-bond acceptors (Lipinski definition) is 5. The van der Waals surface area contributed by atoms with Gasteiger partial charge in [0, 0.05) is 32.3 Å². The van der Waals surface area contributed by atoms with Crippen LogP contribution in [0.2, 0.25) is 0 Å². The van der Waals surface area contributed by atoms with Crippen LogP contribution in [-0.2, 0) is 14.3 Å². The summed E-state index contributed by atoms with van der Waals surface area (Å²) in [7, 11) is 0. The molecule has 0 aromatic carbocycles. The second kappa shape index (κ2) is 6.36. The Morgan fingerprint density at radius 2 is 2.28 bits per heavy atom. The number of azo groups is 1. The molecule has 2 heterocycles. The van der Waals surface area contributed by atoms with Crippen molar-refractivity contribution in [2.45, 2.75) is 6.04 Å². The maximum Gasteiger partial charge on any atom is 0.287 e. The van der Waals surface area contributed by atoms with Crippen LogP contribution in [0.5, 0.6) is 0 Å². The van der Waals surface area contributed by atoms with Crippen LogP contribution in [0.25, 0.3) is 0 Å². The molecule has 7 heteroatoms. The summed E-state index contributed by atoms with van der Waals surface area (Å²) in [6, 6.07) is -0.674. The van der Waals surface area contributed by atoms with Gasteiger partial charge in [-0.15, -0.1) is 5.11 Å². The topological polar surface area (TPSA) is 83.4 Å². The highest BCUT2D eigenvalue weighted by Crippen LogP contribution is 2.02. The molecule has 0 radical (unpaired) electrons. The normalized spacial score (nSPS) is 24.2. The lowest BCUT2D eigenvalue weighted by atomic mass is 10.2. The summed E-state index contributed by atoms with van der Waals surface area (Å²) in [5, 5.41) is 9.74. The third kappa shape index (κ3) is 3.71. The van der Waals surface area contributed by atoms with Gasteiger partial charge in [0.15, 0.2) is 6.04 Å². The molecule has 2 rings (SSSR count). The molecule has 2 amide bonds. The zero-order valence-corrected chi connectivity index (χ0v) is 10.0. The molecule has 1 saturated heterocycles. The Hall–Kier alpha value is -1.60. The molecule has 0 aromatic rings. The van der Waals surface area contributed by atoms with Gasteiger partial charge in [0.1, 0.15) is 0 Å². The lowest BCUT2D eigenvalue weighted by Crippen LogP contribution is -2.43. The Morgan fingerprint density at radius 3 is 2.94 bits per heavy atom. The molecule has 0 aliphatic carbocycles. The summed E-state index contributed by atoms with van der Waals surface area (Å²) < 4.78 is 5.23. The highest BCUT2D eigenvalue weighted by molar-refractivity contribution is 5.92. The van der Waals surface area contributed by atoms with E-state index in [4.69, 9.17) is 4.74 Å². The molecule has 98 valence electrons. The van der Waals surface area contributed by atoms with Gasteiger partial charge in [-0.3, -0.25) is 14.5 Å². The molecular formula is C11H16N4O3. The van der Waals surface area contributed by atoms with Crippen LogP contribution in [0, 0.1) is 0 Å². The van der Waals surface area contributed by atoms with E-state index >= 15 is 0 Å². The zero-order valence-electron chi connectivity index (χ0n) is 10.0. The molecule has 18 heavy (non-hydrogen) atoms. The number of amides is 2. The first kappa shape index (κ1) is 12.8. The minimum atomic E-state index is -0.674. The van der Waals surface area contributed by atoms with Crippen LogP contribution < -0.4 is 5.32 Å². The van der Waals surface area contributed by atoms with Crippen LogP contribution >= 0.6 is 0 Å². The fraction of sp³-hybridized carbons (Fsp3) is 0.636. The minimum Gasteiger partial charge on any atom is -0.379 e. The number of nitrogens with one attached hydrogen (secondary N) is 1. The predicted molar refractivity (Wildman–Crippen MR) is 63.1 cm³/mol. The quantitative estimate of drug-likeness (QED) is 0.721. The first-order valence-corrected chi connectivity index (χ1v) is 5.96. The molecule has 2 aliphatic heterocycles. The SMILES string of the molecule is O=C1C=CC(C(=O)NCCN2CCOCC2)N=N1. The van der Waals surface area contributed by atoms with Crippen molar-refractivity contribution >= 4 is 11.8 Å². The molecule has 0 saturated carbocycles. The molecule has 7 nitrogen and oxygen atoms in total. The zero-order chi connectivity index (χ0) is 12.8. The maximum absolute atomic E-state index is 11.7. The van der Waals surface area contributed by atoms with E-state index in [1.165, 1.54) is 12.2 Å². The van der Waals surface area contributed by atoms with E-state index in [1.807, 2.05) is 0 Å². The molecule has 2 aliphatic rings. The van der Waals surface area contributed by atoms with E-state index in [-0.39, 0.29) is 5.91 Å². The van der Waals surface area contributed by atoms with E-state index in [2.05, 4.69) is 20.4 Å². The van der Waals surface area contributed by atoms with Gasteiger partial charge in [0.25, 0.3) is 11.8 Å². The molecule has 1 fully saturated rings. The monoisotopic (exact) mass is 252 g/mol. The van der Waals surface area contributed by atoms with Gasteiger partial charge in [-0.1, -0.05) is 0 Å². The van der Waals surface area contributed by atoms with Crippen molar-refractivity contribution in [1.29, 1.82) is 0 Å². The maximum atomic E-state index is 11.7. The molecule has 0 aromatic heterocycles. The van der Waals surface area contributed by atoms with E-state index in [1.54, 1.807) is 0 Å². The minimum absolute atomic E-state index is 0.226. The largest absolute Gasteiger partial charge is 0.379 e. The Labute approximate surface area is 105 Å². The molecular weight excluding hydrogens is 236 g/mol. The third-order valence-electron chi connectivity index (χ3n) is 2.80. The fourth-order valence-corrected chi connectivity index (χ4v) is 1.77. The fourth-order valence-electron chi connectivity index (χ4n) is 1.77. The highest BCUT2D eigenvalue weighted by Gasteiger charge is 2.18. The van der Waals surface area contributed by atoms with Crippen molar-refractivity contribution in [3.05, 3.63) is 12.2 Å². The second-order valence-corrected chi connectivity index (χ2v) is 4.10. The van der Waals surface area contributed by atoms with Crippen LogP contribution in [-0.4, -0.2) is 62.1 Å². The summed E-state index contributed by atoms with van der Waals surface area (Å²) in [5.41, 5.74) is 0. The van der Waals surface area contributed by atoms with Gasteiger partial charge in [-0.05, 0) is 6.08 Å². The van der Waals surface area contributed by atoms with Gasteiger partial charge >= 0.3 is 0 Å². The van der Waals surface area contributed by atoms with Crippen LogP contribution in [0.3, 0.4) is 0 Å². The molecule has 1 unspecified atom stereocenters. The second-order valence-electron chi connectivity index (χ2n) is 4.10. The smallest absolute Gasteiger partial charge is 0.287 e. The molecule has 1 atom stereocenters. The summed E-state index contributed by atoms with van der Waals surface area (Å²) in [5.74, 6) is -0.650. The standard InChI is InChI=1S/C11H16N4O3/c16-10-2-1-9(13-14-10)11(17)12-3-4-15-5-7-18-8-6-15/h1-2,9H,3-8H2,(H,12,17). The summed E-state index contributed by atoms with van der Waals surface area (Å²) >= 11 is 0. The Kier molecular flexibility index (Phi) is 4.54. The highest BCUT2D eigenvalue weighted by atomic mass is 16.5. The van der Waals surface area contributed by atoms with E-state index in [0.717, 1.165) is 32.8 Å². The van der Waals surface area contributed by atoms with E-state index in [9.17, 15) is 9.59 Å². The summed E-state index contributed by atoms with van der Waals surface area (Å²) in [6.45, 7) is 4.64. The van der Waals surface area contributed by atoms with Crippen LogP contribution in [0.1, 0.15) is 0 Å². The van der Waals surface area contributed by atoms with Crippen molar-refractivity contribution in [3.63, 3.8) is 0 Å². The van der Waals surface area contributed by atoms with Crippen LogP contribution in [0.15, 0.2) is 22.4 Å². The summed E-state index contributed by atoms with van der Waals surface area (Å²) in [6.07, 6.45) is 2.72. The van der Waals surface area contributed by atoms with Crippen molar-refractivity contribution in [1.82, 2.24) is 10.2 Å². The van der Waals surface area contributed by atoms with Gasteiger partial charge in [-0.2, -0.15) is 5.11 Å². The first-order chi connectivity index (χ1) is 8.75. The number of morpholine rings is 1. The molecule has 0 spiro atoms. The number of carbonyl (C=O) groups is 2. The van der Waals surface area contributed by atoms with Crippen LogP contribution in [0.4, 0.5) is 0 Å². The Morgan fingerprint density at radius 1 is 1.50 bits per heavy atom. The van der Waals surface area contributed by atoms with Gasteiger partial charge in [0.05, 0.1) is 13.2 Å². The van der Waals surface area contributed by atoms with Crippen molar-refractivity contribution in [2.24, 2.45) is 10.2 Å². The van der Waals surface area contributed by atoms with E-state index in [0.29, 0.717) is 6.54 Å². The Bertz CT molecular complexity index is 358. The van der Waals surface area contributed by atoms with Crippen molar-refractivity contribution < 1.29 is 14.3 Å². The van der Waals surface area contributed by atoms with Gasteiger partial charge in [0.2, 0.25) is 0 Å². The third-order valence-corrected chi connectivity index (χ3v) is 2.80. The molecule has 1 N–H and O–H groups in total. The first-order valence-electron chi connectivity index (χ1n) is 5.96. The Balaban J connectivity index is 1.67. The number of nitrogens with zero attached hydrogens (tertiary/aromatic N) is 3. The predicted octanol–water partition coefficient (Wildman–Crippen LogP) is -0.648. The van der Waals surface area contributed by atoms with Gasteiger partial charge < -0.3 is 10.1 Å². The average Bonchev–Trinajstić information content (AvgIpc) is 2.40. The lowest BCUT2D eigenvalue weighted by Gasteiger charge is -2.26. The van der Waals surface area contributed by atoms with Gasteiger partial charge in [-0.25, -0.2) is 0 Å². The number of carbonyl (C=O) groups excluding carboxylic acids is 2. The average molecular weight is 252 g/mol. The summed E-state index contributed by atoms with van der Waals surface area (Å²) in [4.78, 5) is 24.7. The number of ether oxygens (including phenoxy) is 1. The number of hydrogen-bond donors (Lipinski definition) is 1. The molecule has 0 bridgehead atoms. The van der Waals surface area contributed by atoms with Crippen molar-refractivity contribution in [2.75, 3.05) is 39.4 Å². The van der Waals surface area contributed by atoms with Crippen molar-refractivity contribution in [3.8, 4) is 0 Å². The van der Waals surface area contributed by atoms with E-state index < -0.39 is 11.9 Å². The lowest BCUT2D eigenvalue weighted by molar-refractivity contribution is -0.121. The number of rotatable bonds is 4.